The van der Waals surface area contributed by atoms with Gasteiger partial charge in [-0.05, 0) is 30.7 Å². The molecule has 4 rings (SSSR count). The van der Waals surface area contributed by atoms with Crippen LogP contribution in [0.5, 0.6) is 0 Å². The van der Waals surface area contributed by atoms with Gasteiger partial charge in [-0.2, -0.15) is 0 Å². The second kappa shape index (κ2) is 12.0. The maximum Gasteiger partial charge on any atom is 0.290 e. The van der Waals surface area contributed by atoms with E-state index in [2.05, 4.69) is 15.2 Å². The summed E-state index contributed by atoms with van der Waals surface area (Å²) in [5.74, 6) is -0.502. The van der Waals surface area contributed by atoms with Crippen molar-refractivity contribution in [1.82, 2.24) is 14.8 Å². The molecule has 0 unspecified atom stereocenters. The highest BCUT2D eigenvalue weighted by Gasteiger charge is 2.24. The summed E-state index contributed by atoms with van der Waals surface area (Å²) in [5.41, 5.74) is 1.58. The summed E-state index contributed by atoms with van der Waals surface area (Å²) < 4.78 is 5.17. The van der Waals surface area contributed by atoms with Crippen molar-refractivity contribution in [3.8, 4) is 0 Å². The van der Waals surface area contributed by atoms with Crippen molar-refractivity contribution in [2.24, 2.45) is 0 Å². The highest BCUT2D eigenvalue weighted by Crippen LogP contribution is 2.26. The summed E-state index contributed by atoms with van der Waals surface area (Å²) >= 11 is 7.56. The number of piperazine rings is 1. The molecule has 0 atom stereocenters. The second-order valence-corrected chi connectivity index (χ2v) is 9.66. The number of benzene rings is 1. The Morgan fingerprint density at radius 2 is 1.92 bits per heavy atom. The highest BCUT2D eigenvalue weighted by atomic mass is 35.5. The number of nitrogens with zero attached hydrogens (tertiary/aromatic N) is 4. The number of anilines is 2. The fourth-order valence-electron chi connectivity index (χ4n) is 4.03. The average molecular weight is 530 g/mol. The van der Waals surface area contributed by atoms with Crippen molar-refractivity contribution in [2.75, 3.05) is 49.5 Å². The van der Waals surface area contributed by atoms with Crippen molar-refractivity contribution in [3.05, 3.63) is 64.5 Å². The lowest BCUT2D eigenvalue weighted by atomic mass is 10.2. The Hall–Kier alpha value is -3.37. The van der Waals surface area contributed by atoms with Crippen molar-refractivity contribution >= 4 is 51.5 Å². The molecular weight excluding hydrogens is 502 g/mol. The highest BCUT2D eigenvalue weighted by molar-refractivity contribution is 7.13. The minimum absolute atomic E-state index is 0.00449. The van der Waals surface area contributed by atoms with E-state index in [1.54, 1.807) is 17.5 Å². The predicted molar refractivity (Wildman–Crippen MR) is 140 cm³/mol. The second-order valence-electron chi connectivity index (χ2n) is 8.39. The summed E-state index contributed by atoms with van der Waals surface area (Å²) in [6, 6.07) is 10.9. The third kappa shape index (κ3) is 6.44. The van der Waals surface area contributed by atoms with Gasteiger partial charge in [0.05, 0.1) is 29.1 Å². The zero-order chi connectivity index (χ0) is 25.5. The molecule has 1 N–H and O–H groups in total. The smallest absolute Gasteiger partial charge is 0.290 e. The van der Waals surface area contributed by atoms with Crippen molar-refractivity contribution in [2.45, 2.75) is 19.8 Å². The summed E-state index contributed by atoms with van der Waals surface area (Å²) in [6.45, 7) is 4.87. The molecule has 0 radical (unpaired) electrons. The van der Waals surface area contributed by atoms with Gasteiger partial charge in [0, 0.05) is 38.1 Å². The molecule has 1 aliphatic heterocycles. The number of rotatable bonds is 9. The number of amides is 3. The lowest BCUT2D eigenvalue weighted by molar-refractivity contribution is -0.130. The number of carbonyl (C=O) groups excluding carboxylic acids is 3. The normalized spacial score (nSPS) is 13.5. The van der Waals surface area contributed by atoms with Gasteiger partial charge >= 0.3 is 0 Å². The number of halogens is 1. The third-order valence-corrected chi connectivity index (χ3v) is 6.93. The summed E-state index contributed by atoms with van der Waals surface area (Å²) in [6.07, 6.45) is 2.29. The maximum atomic E-state index is 12.8. The van der Waals surface area contributed by atoms with Crippen LogP contribution in [-0.2, 0) is 16.0 Å². The number of thiazole rings is 1. The van der Waals surface area contributed by atoms with Crippen LogP contribution in [0.2, 0.25) is 5.02 Å². The molecule has 1 saturated heterocycles. The number of aromatic nitrogens is 1. The fourth-order valence-corrected chi connectivity index (χ4v) is 5.01. The number of para-hydroxylation sites is 1. The van der Waals surface area contributed by atoms with Gasteiger partial charge in [-0.15, -0.1) is 11.3 Å². The van der Waals surface area contributed by atoms with Gasteiger partial charge in [-0.3, -0.25) is 14.4 Å². The van der Waals surface area contributed by atoms with Gasteiger partial charge in [0.2, 0.25) is 11.8 Å². The molecule has 0 aliphatic carbocycles. The van der Waals surface area contributed by atoms with Gasteiger partial charge in [0.15, 0.2) is 10.9 Å². The van der Waals surface area contributed by atoms with Crippen LogP contribution in [0.15, 0.2) is 52.5 Å². The van der Waals surface area contributed by atoms with Crippen LogP contribution < -0.4 is 10.2 Å². The van der Waals surface area contributed by atoms with Gasteiger partial charge < -0.3 is 24.4 Å². The van der Waals surface area contributed by atoms with E-state index < -0.39 is 0 Å². The first-order chi connectivity index (χ1) is 17.4. The molecule has 2 aromatic heterocycles. The van der Waals surface area contributed by atoms with E-state index in [0.29, 0.717) is 55.0 Å². The number of carbonyl (C=O) groups is 3. The molecule has 1 fully saturated rings. The first kappa shape index (κ1) is 25.7. The molecule has 36 heavy (non-hydrogen) atoms. The summed E-state index contributed by atoms with van der Waals surface area (Å²) in [4.78, 5) is 47.8. The Labute approximate surface area is 218 Å². The molecule has 0 bridgehead atoms. The maximum absolute atomic E-state index is 12.8. The average Bonchev–Trinajstić information content (AvgIpc) is 3.56. The minimum atomic E-state index is -0.355. The van der Waals surface area contributed by atoms with Gasteiger partial charge in [-0.1, -0.05) is 30.7 Å². The first-order valence-electron chi connectivity index (χ1n) is 11.8. The molecule has 0 spiro atoms. The standard InChI is InChI=1S/C25H28ClN5O4S/c1-2-9-31(24(34)21-8-5-14-35-21)16-22(32)28-25-27-18(17-36-25)15-23(33)30-12-10-29(11-13-30)20-7-4-3-6-19(20)26/h3-8,14,17H,2,9-13,15-16H2,1H3,(H,27,28,32). The van der Waals surface area contributed by atoms with E-state index in [9.17, 15) is 14.4 Å². The molecule has 3 heterocycles. The van der Waals surface area contributed by atoms with E-state index in [1.807, 2.05) is 36.1 Å². The summed E-state index contributed by atoms with van der Waals surface area (Å²) in [5, 5.41) is 5.60. The lowest BCUT2D eigenvalue weighted by Gasteiger charge is -2.36. The number of hydrogen-bond donors (Lipinski definition) is 1. The van der Waals surface area contributed by atoms with Crippen LogP contribution in [0.3, 0.4) is 0 Å². The van der Waals surface area contributed by atoms with E-state index in [4.69, 9.17) is 16.0 Å². The predicted octanol–water partition coefficient (Wildman–Crippen LogP) is 3.77. The molecular formula is C25H28ClN5O4S. The summed E-state index contributed by atoms with van der Waals surface area (Å²) in [7, 11) is 0. The zero-order valence-electron chi connectivity index (χ0n) is 20.0. The Morgan fingerprint density at radius 3 is 2.61 bits per heavy atom. The Kier molecular flexibility index (Phi) is 8.61. The Balaban J connectivity index is 1.26. The number of hydrogen-bond acceptors (Lipinski definition) is 7. The topological polar surface area (TPSA) is 99.0 Å². The van der Waals surface area contributed by atoms with Crippen LogP contribution in [0.4, 0.5) is 10.8 Å². The molecule has 1 aromatic carbocycles. The van der Waals surface area contributed by atoms with Crippen LogP contribution in [-0.4, -0.2) is 71.8 Å². The van der Waals surface area contributed by atoms with E-state index >= 15 is 0 Å². The molecule has 1 aliphatic rings. The third-order valence-electron chi connectivity index (χ3n) is 5.80. The van der Waals surface area contributed by atoms with Crippen LogP contribution in [0.25, 0.3) is 0 Å². The Bertz CT molecular complexity index is 1190. The van der Waals surface area contributed by atoms with E-state index in [1.165, 1.54) is 22.5 Å². The lowest BCUT2D eigenvalue weighted by Crippen LogP contribution is -2.49. The zero-order valence-corrected chi connectivity index (χ0v) is 21.6. The number of furan rings is 1. The Morgan fingerprint density at radius 1 is 1.14 bits per heavy atom. The van der Waals surface area contributed by atoms with Crippen LogP contribution >= 0.6 is 22.9 Å². The van der Waals surface area contributed by atoms with Crippen molar-refractivity contribution in [3.63, 3.8) is 0 Å². The molecule has 3 aromatic rings. The fraction of sp³-hybridized carbons (Fsp3) is 0.360. The molecule has 9 nitrogen and oxygen atoms in total. The quantitative estimate of drug-likeness (QED) is 0.453. The molecule has 190 valence electrons. The van der Waals surface area contributed by atoms with Crippen LogP contribution in [0.1, 0.15) is 29.6 Å². The van der Waals surface area contributed by atoms with E-state index in [-0.39, 0.29) is 36.4 Å². The molecule has 3 amide bonds. The van der Waals surface area contributed by atoms with Crippen molar-refractivity contribution in [1.29, 1.82) is 0 Å². The minimum Gasteiger partial charge on any atom is -0.459 e. The van der Waals surface area contributed by atoms with Gasteiger partial charge in [0.25, 0.3) is 5.91 Å². The first-order valence-corrected chi connectivity index (χ1v) is 13.0. The van der Waals surface area contributed by atoms with E-state index in [0.717, 1.165) is 5.69 Å². The van der Waals surface area contributed by atoms with Gasteiger partial charge in [0.1, 0.15) is 6.54 Å². The van der Waals surface area contributed by atoms with Crippen LogP contribution in [0, 0.1) is 0 Å². The number of nitrogens with one attached hydrogen (secondary N) is 1. The molecule has 0 saturated carbocycles. The van der Waals surface area contributed by atoms with Crippen molar-refractivity contribution < 1.29 is 18.8 Å². The SMILES string of the molecule is CCCN(CC(=O)Nc1nc(CC(=O)N2CCN(c3ccccc3Cl)CC2)cs1)C(=O)c1ccco1. The van der Waals surface area contributed by atoms with Gasteiger partial charge in [-0.25, -0.2) is 4.98 Å². The molecule has 11 heteroatoms. The monoisotopic (exact) mass is 529 g/mol. The largest absolute Gasteiger partial charge is 0.459 e.